The molecule has 0 spiro atoms. The molecule has 3 aromatic rings. The minimum atomic E-state index is -0.465. The highest BCUT2D eigenvalue weighted by Crippen LogP contribution is 2.36. The van der Waals surface area contributed by atoms with Crippen molar-refractivity contribution in [1.82, 2.24) is 0 Å². The second-order valence-corrected chi connectivity index (χ2v) is 8.35. The molecule has 0 bridgehead atoms. The van der Waals surface area contributed by atoms with Gasteiger partial charge in [-0.05, 0) is 73.4 Å². The molecule has 0 heterocycles. The molecule has 5 heteroatoms. The average Bonchev–Trinajstić information content (AvgIpc) is 2.83. The molecule has 5 nitrogen and oxygen atoms in total. The molecule has 0 atom stereocenters. The first kappa shape index (κ1) is 25.2. The molecular weight excluding hydrogens is 440 g/mol. The van der Waals surface area contributed by atoms with Crippen LogP contribution in [0.5, 0.6) is 17.2 Å². The summed E-state index contributed by atoms with van der Waals surface area (Å²) in [5.41, 5.74) is 5.25. The van der Waals surface area contributed by atoms with Crippen molar-refractivity contribution in [2.45, 2.75) is 20.8 Å². The highest BCUT2D eigenvalue weighted by atomic mass is 16.5. The molecule has 3 aromatic carbocycles. The molecule has 0 saturated carbocycles. The van der Waals surface area contributed by atoms with Gasteiger partial charge in [0, 0.05) is 16.7 Å². The number of hydrogen-bond donors (Lipinski definition) is 0. The van der Waals surface area contributed by atoms with Crippen LogP contribution in [0.1, 0.15) is 20.8 Å². The fraction of sp³-hybridized carbons (Fsp3) is 0.133. The summed E-state index contributed by atoms with van der Waals surface area (Å²) < 4.78 is 16.6. The van der Waals surface area contributed by atoms with Crippen molar-refractivity contribution in [3.8, 4) is 39.5 Å². The lowest BCUT2D eigenvalue weighted by Crippen LogP contribution is -2.08. The minimum Gasteiger partial charge on any atom is -0.489 e. The van der Waals surface area contributed by atoms with Crippen LogP contribution < -0.4 is 14.2 Å². The number of esters is 2. The molecule has 3 rings (SSSR count). The second kappa shape index (κ2) is 11.2. The van der Waals surface area contributed by atoms with Gasteiger partial charge in [0.1, 0.15) is 23.9 Å². The number of carbonyl (C=O) groups excluding carboxylic acids is 2. The third kappa shape index (κ3) is 6.81. The van der Waals surface area contributed by atoms with E-state index in [4.69, 9.17) is 14.2 Å². The lowest BCUT2D eigenvalue weighted by Gasteiger charge is -2.15. The predicted molar refractivity (Wildman–Crippen MR) is 139 cm³/mol. The van der Waals surface area contributed by atoms with E-state index in [0.717, 1.165) is 27.8 Å². The monoisotopic (exact) mass is 468 g/mol. The zero-order valence-electron chi connectivity index (χ0n) is 20.2. The Balaban J connectivity index is 1.89. The zero-order valence-corrected chi connectivity index (χ0v) is 20.2. The summed E-state index contributed by atoms with van der Waals surface area (Å²) >= 11 is 0. The fourth-order valence-electron chi connectivity index (χ4n) is 3.07. The van der Waals surface area contributed by atoms with E-state index in [9.17, 15) is 9.59 Å². The second-order valence-electron chi connectivity index (χ2n) is 8.35. The molecule has 0 fully saturated rings. The van der Waals surface area contributed by atoms with Gasteiger partial charge in [-0.2, -0.15) is 0 Å². The number of rotatable bonds is 9. The number of hydrogen-bond acceptors (Lipinski definition) is 5. The van der Waals surface area contributed by atoms with Crippen LogP contribution in [0.3, 0.4) is 0 Å². The molecule has 35 heavy (non-hydrogen) atoms. The van der Waals surface area contributed by atoms with Gasteiger partial charge < -0.3 is 14.2 Å². The summed E-state index contributed by atoms with van der Waals surface area (Å²) in [6.45, 7) is 16.6. The van der Waals surface area contributed by atoms with Crippen LogP contribution in [0.15, 0.2) is 103 Å². The normalized spacial score (nSPS) is 10.3. The topological polar surface area (TPSA) is 61.8 Å². The van der Waals surface area contributed by atoms with E-state index in [1.165, 1.54) is 0 Å². The van der Waals surface area contributed by atoms with Crippen molar-refractivity contribution in [3.05, 3.63) is 103 Å². The number of ether oxygens (including phenoxy) is 3. The molecule has 0 saturated heterocycles. The van der Waals surface area contributed by atoms with Crippen molar-refractivity contribution < 1.29 is 23.8 Å². The quantitative estimate of drug-likeness (QED) is 0.147. The van der Waals surface area contributed by atoms with E-state index in [2.05, 4.69) is 19.7 Å². The summed E-state index contributed by atoms with van der Waals surface area (Å²) in [6.07, 6.45) is 0. The molecule has 178 valence electrons. The summed E-state index contributed by atoms with van der Waals surface area (Å²) in [6, 6.07) is 20.4. The van der Waals surface area contributed by atoms with E-state index >= 15 is 0 Å². The molecule has 0 aliphatic rings. The smallest absolute Gasteiger partial charge is 0.338 e. The van der Waals surface area contributed by atoms with Gasteiger partial charge >= 0.3 is 11.9 Å². The number of carbonyl (C=O) groups is 2. The first-order valence-corrected chi connectivity index (χ1v) is 11.0. The van der Waals surface area contributed by atoms with Crippen LogP contribution in [0, 0.1) is 0 Å². The zero-order chi connectivity index (χ0) is 25.5. The average molecular weight is 469 g/mol. The van der Waals surface area contributed by atoms with E-state index in [1.54, 1.807) is 38.1 Å². The van der Waals surface area contributed by atoms with Crippen LogP contribution in [0.4, 0.5) is 0 Å². The van der Waals surface area contributed by atoms with Crippen LogP contribution in [-0.2, 0) is 9.59 Å². The van der Waals surface area contributed by atoms with Crippen LogP contribution in [-0.4, -0.2) is 18.5 Å². The summed E-state index contributed by atoms with van der Waals surface area (Å²) in [5.74, 6) is 0.653. The Morgan fingerprint density at radius 2 is 1.11 bits per heavy atom. The van der Waals surface area contributed by atoms with E-state index in [1.807, 2.05) is 49.4 Å². The Bertz CT molecular complexity index is 1280. The highest BCUT2D eigenvalue weighted by Gasteiger charge is 2.12. The molecule has 0 unspecified atom stereocenters. The first-order valence-electron chi connectivity index (χ1n) is 11.0. The highest BCUT2D eigenvalue weighted by molar-refractivity contribution is 5.89. The van der Waals surface area contributed by atoms with Crippen LogP contribution in [0.2, 0.25) is 0 Å². The van der Waals surface area contributed by atoms with E-state index in [0.29, 0.717) is 35.0 Å². The van der Waals surface area contributed by atoms with Gasteiger partial charge in [0.25, 0.3) is 0 Å². The molecule has 0 radical (unpaired) electrons. The maximum Gasteiger partial charge on any atom is 0.338 e. The molecular formula is C30H28O5. The Labute approximate surface area is 206 Å². The predicted octanol–water partition coefficient (Wildman–Crippen LogP) is 6.94. The SMILES string of the molecule is C=C(C)COc1cc(-c2ccc(OC(=O)C(=C)C)cc2)ccc1-c1ccc(OC(=O)C(=C)C)cc1. The van der Waals surface area contributed by atoms with Gasteiger partial charge in [0.05, 0.1) is 0 Å². The maximum absolute atomic E-state index is 11.8. The maximum atomic E-state index is 11.8. The molecule has 0 amide bonds. The van der Waals surface area contributed by atoms with Crippen molar-refractivity contribution in [2.75, 3.05) is 6.61 Å². The first-order chi connectivity index (χ1) is 16.6. The fourth-order valence-corrected chi connectivity index (χ4v) is 3.07. The standard InChI is InChI=1S/C30H28O5/c1-19(2)18-33-28-17-24(22-7-12-25(13-8-22)34-29(31)20(3)4)11-16-27(28)23-9-14-26(15-10-23)35-30(32)21(5)6/h7-17H,1,3,5,18H2,2,4,6H3. The Morgan fingerprint density at radius 3 is 1.57 bits per heavy atom. The molecule has 0 aromatic heterocycles. The summed E-state index contributed by atoms with van der Waals surface area (Å²) in [5, 5.41) is 0. The Hall–Kier alpha value is -4.38. The third-order valence-corrected chi connectivity index (χ3v) is 4.93. The van der Waals surface area contributed by atoms with Gasteiger partial charge in [-0.25, -0.2) is 9.59 Å². The van der Waals surface area contributed by atoms with Crippen LogP contribution >= 0.6 is 0 Å². The van der Waals surface area contributed by atoms with Gasteiger partial charge in [-0.1, -0.05) is 56.1 Å². The van der Waals surface area contributed by atoms with Gasteiger partial charge in [0.2, 0.25) is 0 Å². The van der Waals surface area contributed by atoms with Gasteiger partial charge in [-0.3, -0.25) is 0 Å². The van der Waals surface area contributed by atoms with E-state index in [-0.39, 0.29) is 0 Å². The van der Waals surface area contributed by atoms with Crippen molar-refractivity contribution in [3.63, 3.8) is 0 Å². The van der Waals surface area contributed by atoms with E-state index < -0.39 is 11.9 Å². The molecule has 0 aliphatic carbocycles. The number of benzene rings is 3. The molecule has 0 aliphatic heterocycles. The van der Waals surface area contributed by atoms with Crippen molar-refractivity contribution in [2.24, 2.45) is 0 Å². The Kier molecular flexibility index (Phi) is 8.05. The minimum absolute atomic E-state index is 0.335. The van der Waals surface area contributed by atoms with Crippen LogP contribution in [0.25, 0.3) is 22.3 Å². The Morgan fingerprint density at radius 1 is 0.657 bits per heavy atom. The summed E-state index contributed by atoms with van der Waals surface area (Å²) in [4.78, 5) is 23.5. The summed E-state index contributed by atoms with van der Waals surface area (Å²) in [7, 11) is 0. The van der Waals surface area contributed by atoms with Crippen molar-refractivity contribution >= 4 is 11.9 Å². The van der Waals surface area contributed by atoms with Gasteiger partial charge in [0.15, 0.2) is 0 Å². The van der Waals surface area contributed by atoms with Crippen molar-refractivity contribution in [1.29, 1.82) is 0 Å². The largest absolute Gasteiger partial charge is 0.489 e. The third-order valence-electron chi connectivity index (χ3n) is 4.93. The lowest BCUT2D eigenvalue weighted by atomic mass is 9.99. The van der Waals surface area contributed by atoms with Gasteiger partial charge in [-0.15, -0.1) is 0 Å². The lowest BCUT2D eigenvalue weighted by molar-refractivity contribution is -0.130. The molecule has 0 N–H and O–H groups in total.